The van der Waals surface area contributed by atoms with Crippen LogP contribution in [-0.2, 0) is 19.6 Å². The Bertz CT molecular complexity index is 1080. The molecule has 0 bridgehead atoms. The Labute approximate surface area is 186 Å². The number of hydrogen-bond donors (Lipinski definition) is 2. The molecule has 9 nitrogen and oxygen atoms in total. The largest absolute Gasteiger partial charge is 0.497 e. The standard InChI is InChI=1S/C22H25N3O6S/c1-31-18-9-11-19(12-10-18)32(29,30)24-20(26)13-14-23-22(28)16-5-7-17(8-6-16)25-15-3-2-4-21(25)27/h5-12H,2-4,13-15H2,1H3,(H,23,28)(H,24,26). The molecule has 10 heteroatoms. The van der Waals surface area contributed by atoms with E-state index in [1.54, 1.807) is 29.2 Å². The van der Waals surface area contributed by atoms with Crippen molar-refractivity contribution in [1.29, 1.82) is 0 Å². The van der Waals surface area contributed by atoms with Gasteiger partial charge in [0.2, 0.25) is 11.8 Å². The maximum atomic E-state index is 12.3. The highest BCUT2D eigenvalue weighted by Gasteiger charge is 2.20. The van der Waals surface area contributed by atoms with Crippen LogP contribution >= 0.6 is 0 Å². The minimum absolute atomic E-state index is 0.0326. The molecule has 170 valence electrons. The number of carbonyl (C=O) groups is 3. The molecule has 3 amide bonds. The maximum absolute atomic E-state index is 12.3. The van der Waals surface area contributed by atoms with Crippen LogP contribution in [0.5, 0.6) is 5.75 Å². The van der Waals surface area contributed by atoms with E-state index in [0.717, 1.165) is 18.5 Å². The topological polar surface area (TPSA) is 122 Å². The summed E-state index contributed by atoms with van der Waals surface area (Å²) in [5.41, 5.74) is 1.12. The summed E-state index contributed by atoms with van der Waals surface area (Å²) in [6.45, 7) is 0.633. The Morgan fingerprint density at radius 1 is 1.03 bits per heavy atom. The first-order valence-corrected chi connectivity index (χ1v) is 11.7. The fraction of sp³-hybridized carbons (Fsp3) is 0.318. The monoisotopic (exact) mass is 459 g/mol. The number of rotatable bonds is 8. The minimum atomic E-state index is -4.01. The summed E-state index contributed by atoms with van der Waals surface area (Å²) in [7, 11) is -2.55. The Balaban J connectivity index is 1.48. The van der Waals surface area contributed by atoms with Gasteiger partial charge in [0.05, 0.1) is 12.0 Å². The van der Waals surface area contributed by atoms with E-state index >= 15 is 0 Å². The molecule has 32 heavy (non-hydrogen) atoms. The van der Waals surface area contributed by atoms with Crippen LogP contribution in [0, 0.1) is 0 Å². The molecule has 0 saturated carbocycles. The first-order chi connectivity index (χ1) is 15.3. The molecule has 0 spiro atoms. The van der Waals surface area contributed by atoms with Crippen molar-refractivity contribution in [2.24, 2.45) is 0 Å². The zero-order valence-corrected chi connectivity index (χ0v) is 18.5. The summed E-state index contributed by atoms with van der Waals surface area (Å²) in [5, 5.41) is 2.59. The van der Waals surface area contributed by atoms with E-state index in [2.05, 4.69) is 5.32 Å². The molecule has 2 aromatic carbocycles. The molecule has 1 saturated heterocycles. The van der Waals surface area contributed by atoms with Gasteiger partial charge in [-0.25, -0.2) is 13.1 Å². The predicted molar refractivity (Wildman–Crippen MR) is 118 cm³/mol. The summed E-state index contributed by atoms with van der Waals surface area (Å²) < 4.78 is 31.5. The van der Waals surface area contributed by atoms with E-state index in [1.807, 2.05) is 4.72 Å². The maximum Gasteiger partial charge on any atom is 0.264 e. The predicted octanol–water partition coefficient (Wildman–Crippen LogP) is 1.84. The van der Waals surface area contributed by atoms with Gasteiger partial charge in [0.15, 0.2) is 0 Å². The highest BCUT2D eigenvalue weighted by atomic mass is 32.2. The number of amides is 3. The van der Waals surface area contributed by atoms with Gasteiger partial charge in [0, 0.05) is 37.2 Å². The smallest absolute Gasteiger partial charge is 0.264 e. The lowest BCUT2D eigenvalue weighted by molar-refractivity contribution is -0.120. The van der Waals surface area contributed by atoms with E-state index in [-0.39, 0.29) is 23.8 Å². The number of anilines is 1. The molecule has 1 aliphatic rings. The number of methoxy groups -OCH3 is 1. The summed E-state index contributed by atoms with van der Waals surface area (Å²) in [4.78, 5) is 37.9. The van der Waals surface area contributed by atoms with Crippen molar-refractivity contribution in [3.8, 4) is 5.75 Å². The lowest BCUT2D eigenvalue weighted by Crippen LogP contribution is -2.35. The summed E-state index contributed by atoms with van der Waals surface area (Å²) in [6, 6.07) is 12.3. The summed E-state index contributed by atoms with van der Waals surface area (Å²) in [5.74, 6) is -0.565. The van der Waals surface area contributed by atoms with Crippen LogP contribution in [0.25, 0.3) is 0 Å². The number of ether oxygens (including phenoxy) is 1. The molecule has 0 aliphatic carbocycles. The van der Waals surface area contributed by atoms with Crippen LogP contribution in [0.15, 0.2) is 53.4 Å². The lowest BCUT2D eigenvalue weighted by Gasteiger charge is -2.26. The highest BCUT2D eigenvalue weighted by Crippen LogP contribution is 2.21. The van der Waals surface area contributed by atoms with E-state index in [9.17, 15) is 22.8 Å². The first-order valence-electron chi connectivity index (χ1n) is 10.2. The van der Waals surface area contributed by atoms with Crippen LogP contribution in [0.2, 0.25) is 0 Å². The fourth-order valence-electron chi connectivity index (χ4n) is 3.28. The number of sulfonamides is 1. The third-order valence-electron chi connectivity index (χ3n) is 5.02. The van der Waals surface area contributed by atoms with Crippen molar-refractivity contribution in [2.75, 3.05) is 25.1 Å². The number of nitrogens with one attached hydrogen (secondary N) is 2. The van der Waals surface area contributed by atoms with Crippen molar-refractivity contribution in [1.82, 2.24) is 10.0 Å². The SMILES string of the molecule is COc1ccc(S(=O)(=O)NC(=O)CCNC(=O)c2ccc(N3CCCCC3=O)cc2)cc1. The molecule has 2 N–H and O–H groups in total. The number of nitrogens with zero attached hydrogens (tertiary/aromatic N) is 1. The molecule has 2 aromatic rings. The molecular formula is C22H25N3O6S. The van der Waals surface area contributed by atoms with Crippen LogP contribution in [-0.4, -0.2) is 46.3 Å². The quantitative estimate of drug-likeness (QED) is 0.621. The van der Waals surface area contributed by atoms with E-state index < -0.39 is 21.8 Å². The second-order valence-corrected chi connectivity index (χ2v) is 8.94. The Hall–Kier alpha value is -3.40. The average molecular weight is 460 g/mol. The second-order valence-electron chi connectivity index (χ2n) is 7.26. The second kappa shape index (κ2) is 10.3. The highest BCUT2D eigenvalue weighted by molar-refractivity contribution is 7.90. The van der Waals surface area contributed by atoms with Crippen molar-refractivity contribution in [3.05, 3.63) is 54.1 Å². The fourth-order valence-corrected chi connectivity index (χ4v) is 4.29. The van der Waals surface area contributed by atoms with Gasteiger partial charge >= 0.3 is 0 Å². The molecule has 1 fully saturated rings. The van der Waals surface area contributed by atoms with Crippen molar-refractivity contribution in [2.45, 2.75) is 30.6 Å². The van der Waals surface area contributed by atoms with Gasteiger partial charge in [-0.15, -0.1) is 0 Å². The molecule has 0 aromatic heterocycles. The summed E-state index contributed by atoms with van der Waals surface area (Å²) in [6.07, 6.45) is 2.16. The van der Waals surface area contributed by atoms with Gasteiger partial charge in [0.25, 0.3) is 15.9 Å². The molecule has 0 unspecified atom stereocenters. The number of hydrogen-bond acceptors (Lipinski definition) is 6. The van der Waals surface area contributed by atoms with Crippen molar-refractivity contribution >= 4 is 33.4 Å². The van der Waals surface area contributed by atoms with Crippen LogP contribution < -0.4 is 19.7 Å². The normalized spacial score (nSPS) is 14.0. The third-order valence-corrected chi connectivity index (χ3v) is 6.41. The molecule has 0 radical (unpaired) electrons. The van der Waals surface area contributed by atoms with E-state index in [1.165, 1.54) is 31.4 Å². The number of carbonyl (C=O) groups excluding carboxylic acids is 3. The van der Waals surface area contributed by atoms with Gasteiger partial charge in [-0.2, -0.15) is 0 Å². The van der Waals surface area contributed by atoms with Crippen LogP contribution in [0.3, 0.4) is 0 Å². The third kappa shape index (κ3) is 5.85. The zero-order chi connectivity index (χ0) is 23.1. The molecule has 1 heterocycles. The van der Waals surface area contributed by atoms with Gasteiger partial charge in [-0.05, 0) is 61.4 Å². The molecule has 0 atom stereocenters. The van der Waals surface area contributed by atoms with Crippen molar-refractivity contribution in [3.63, 3.8) is 0 Å². The first kappa shape index (κ1) is 23.3. The Morgan fingerprint density at radius 3 is 2.34 bits per heavy atom. The Morgan fingerprint density at radius 2 is 1.72 bits per heavy atom. The van der Waals surface area contributed by atoms with Gasteiger partial charge in [-0.3, -0.25) is 14.4 Å². The van der Waals surface area contributed by atoms with E-state index in [4.69, 9.17) is 4.74 Å². The van der Waals surface area contributed by atoms with E-state index in [0.29, 0.717) is 24.3 Å². The minimum Gasteiger partial charge on any atom is -0.497 e. The van der Waals surface area contributed by atoms with Crippen LogP contribution in [0.1, 0.15) is 36.0 Å². The lowest BCUT2D eigenvalue weighted by atomic mass is 10.1. The molecular weight excluding hydrogens is 434 g/mol. The molecule has 3 rings (SSSR count). The zero-order valence-electron chi connectivity index (χ0n) is 17.7. The number of piperidine rings is 1. The van der Waals surface area contributed by atoms with Gasteiger partial charge in [0.1, 0.15) is 5.75 Å². The van der Waals surface area contributed by atoms with Gasteiger partial charge in [-0.1, -0.05) is 0 Å². The summed E-state index contributed by atoms with van der Waals surface area (Å²) >= 11 is 0. The van der Waals surface area contributed by atoms with Crippen molar-refractivity contribution < 1.29 is 27.5 Å². The Kier molecular flexibility index (Phi) is 7.47. The van der Waals surface area contributed by atoms with Gasteiger partial charge < -0.3 is 15.0 Å². The average Bonchev–Trinajstić information content (AvgIpc) is 2.79. The number of benzene rings is 2. The van der Waals surface area contributed by atoms with Crippen LogP contribution in [0.4, 0.5) is 5.69 Å². The molecule has 1 aliphatic heterocycles.